The molecular formula is C16H18N4O. The minimum atomic E-state index is 0.824. The zero-order valence-electron chi connectivity index (χ0n) is 12.0. The van der Waals surface area contributed by atoms with E-state index < -0.39 is 0 Å². The quantitative estimate of drug-likeness (QED) is 0.704. The predicted molar refractivity (Wildman–Crippen MR) is 82.2 cm³/mol. The topological polar surface area (TPSA) is 52.0 Å². The molecule has 1 aromatic heterocycles. The lowest BCUT2D eigenvalue weighted by atomic mass is 10.1. The van der Waals surface area contributed by atoms with Crippen molar-refractivity contribution in [1.29, 1.82) is 0 Å². The van der Waals surface area contributed by atoms with E-state index in [4.69, 9.17) is 4.74 Å². The summed E-state index contributed by atoms with van der Waals surface area (Å²) in [6, 6.07) is 12.6. The summed E-state index contributed by atoms with van der Waals surface area (Å²) in [6.07, 6.45) is 3.56. The van der Waals surface area contributed by atoms with Gasteiger partial charge >= 0.3 is 0 Å². The van der Waals surface area contributed by atoms with Gasteiger partial charge in [0.2, 0.25) is 0 Å². The van der Waals surface area contributed by atoms with Crippen LogP contribution in [0, 0.1) is 0 Å². The van der Waals surface area contributed by atoms with Crippen LogP contribution in [0.15, 0.2) is 48.8 Å². The maximum absolute atomic E-state index is 5.24. The highest BCUT2D eigenvalue weighted by Gasteiger charge is 1.99. The van der Waals surface area contributed by atoms with Crippen molar-refractivity contribution in [2.45, 2.75) is 13.1 Å². The number of nitrogens with zero attached hydrogens (tertiary/aromatic N) is 3. The molecule has 108 valence electrons. The van der Waals surface area contributed by atoms with Gasteiger partial charge in [-0.15, -0.1) is 5.10 Å². The molecule has 0 saturated carbocycles. The molecule has 0 saturated heterocycles. The third-order valence-electron chi connectivity index (χ3n) is 3.43. The molecule has 0 spiro atoms. The molecule has 0 atom stereocenters. The minimum absolute atomic E-state index is 0.824. The van der Waals surface area contributed by atoms with Crippen LogP contribution in [-0.2, 0) is 13.1 Å². The minimum Gasteiger partial charge on any atom is -0.497 e. The number of hydrogen-bond acceptors (Lipinski definition) is 4. The second kappa shape index (κ2) is 6.37. The van der Waals surface area contributed by atoms with Gasteiger partial charge in [-0.1, -0.05) is 23.4 Å². The molecular weight excluding hydrogens is 264 g/mol. The van der Waals surface area contributed by atoms with Crippen LogP contribution < -0.4 is 10.1 Å². The third-order valence-corrected chi connectivity index (χ3v) is 3.43. The smallest absolute Gasteiger partial charge is 0.119 e. The number of hydrogen-bond donors (Lipinski definition) is 1. The monoisotopic (exact) mass is 282 g/mol. The maximum atomic E-state index is 5.24. The number of nitrogens with one attached hydrogen (secondary N) is 1. The summed E-state index contributed by atoms with van der Waals surface area (Å²) in [4.78, 5) is 0. The highest BCUT2D eigenvalue weighted by atomic mass is 16.5. The van der Waals surface area contributed by atoms with Crippen LogP contribution >= 0.6 is 0 Å². The van der Waals surface area contributed by atoms with Crippen molar-refractivity contribution < 1.29 is 4.74 Å². The van der Waals surface area contributed by atoms with E-state index in [-0.39, 0.29) is 0 Å². The Balaban J connectivity index is 1.59. The van der Waals surface area contributed by atoms with Crippen LogP contribution in [0.3, 0.4) is 0 Å². The number of benzene rings is 2. The molecule has 0 bridgehead atoms. The fourth-order valence-electron chi connectivity index (χ4n) is 2.29. The molecule has 0 aliphatic carbocycles. The van der Waals surface area contributed by atoms with Crippen LogP contribution in [0.5, 0.6) is 5.75 Å². The van der Waals surface area contributed by atoms with Crippen molar-refractivity contribution in [3.8, 4) is 5.75 Å². The van der Waals surface area contributed by atoms with Gasteiger partial charge < -0.3 is 10.1 Å². The van der Waals surface area contributed by atoms with Crippen LogP contribution in [0.2, 0.25) is 0 Å². The molecule has 0 radical (unpaired) electrons. The Morgan fingerprint density at radius 1 is 1.14 bits per heavy atom. The lowest BCUT2D eigenvalue weighted by Crippen LogP contribution is -2.19. The van der Waals surface area contributed by atoms with Crippen molar-refractivity contribution >= 4 is 10.8 Å². The lowest BCUT2D eigenvalue weighted by Gasteiger charge is -2.07. The first-order chi connectivity index (χ1) is 10.3. The van der Waals surface area contributed by atoms with Gasteiger partial charge in [-0.05, 0) is 34.5 Å². The SMILES string of the molecule is COc1ccc2cc(CNCCn3ccnn3)ccc2c1. The molecule has 1 heterocycles. The van der Waals surface area contributed by atoms with Crippen LogP contribution in [0.25, 0.3) is 10.8 Å². The number of fused-ring (bicyclic) bond motifs is 1. The average molecular weight is 282 g/mol. The van der Waals surface area contributed by atoms with Crippen molar-refractivity contribution in [1.82, 2.24) is 20.3 Å². The van der Waals surface area contributed by atoms with Gasteiger partial charge in [0.05, 0.1) is 19.9 Å². The zero-order valence-corrected chi connectivity index (χ0v) is 12.0. The molecule has 3 rings (SSSR count). The predicted octanol–water partition coefficient (Wildman–Crippen LogP) is 2.23. The summed E-state index contributed by atoms with van der Waals surface area (Å²) >= 11 is 0. The first kappa shape index (κ1) is 13.6. The van der Waals surface area contributed by atoms with E-state index >= 15 is 0 Å². The van der Waals surface area contributed by atoms with E-state index in [1.165, 1.54) is 16.3 Å². The molecule has 1 N–H and O–H groups in total. The van der Waals surface area contributed by atoms with Crippen molar-refractivity contribution in [2.75, 3.05) is 13.7 Å². The molecule has 3 aromatic rings. The Morgan fingerprint density at radius 3 is 2.81 bits per heavy atom. The van der Waals surface area contributed by atoms with Gasteiger partial charge in [0, 0.05) is 19.3 Å². The lowest BCUT2D eigenvalue weighted by molar-refractivity contribution is 0.415. The molecule has 2 aromatic carbocycles. The average Bonchev–Trinajstić information content (AvgIpc) is 3.04. The van der Waals surface area contributed by atoms with Gasteiger partial charge in [0.15, 0.2) is 0 Å². The first-order valence-electron chi connectivity index (χ1n) is 6.97. The number of ether oxygens (including phenoxy) is 1. The van der Waals surface area contributed by atoms with Gasteiger partial charge in [-0.2, -0.15) is 0 Å². The van der Waals surface area contributed by atoms with E-state index in [0.717, 1.165) is 25.4 Å². The molecule has 5 nitrogen and oxygen atoms in total. The Kier molecular flexibility index (Phi) is 4.12. The summed E-state index contributed by atoms with van der Waals surface area (Å²) in [5.41, 5.74) is 1.27. The number of aromatic nitrogens is 3. The summed E-state index contributed by atoms with van der Waals surface area (Å²) < 4.78 is 7.06. The van der Waals surface area contributed by atoms with E-state index in [1.54, 1.807) is 13.3 Å². The first-order valence-corrected chi connectivity index (χ1v) is 6.97. The summed E-state index contributed by atoms with van der Waals surface area (Å²) in [5.74, 6) is 0.890. The summed E-state index contributed by atoms with van der Waals surface area (Å²) in [7, 11) is 1.69. The largest absolute Gasteiger partial charge is 0.497 e. The molecule has 0 amide bonds. The normalized spacial score (nSPS) is 10.9. The Bertz CT molecular complexity index is 709. The fourth-order valence-corrected chi connectivity index (χ4v) is 2.29. The van der Waals surface area contributed by atoms with Crippen molar-refractivity contribution in [2.24, 2.45) is 0 Å². The molecule has 5 heteroatoms. The van der Waals surface area contributed by atoms with Crippen molar-refractivity contribution in [3.05, 3.63) is 54.4 Å². The number of rotatable bonds is 6. The van der Waals surface area contributed by atoms with E-state index in [0.29, 0.717) is 0 Å². The summed E-state index contributed by atoms with van der Waals surface area (Å²) in [5, 5.41) is 13.6. The molecule has 0 fully saturated rings. The number of methoxy groups -OCH3 is 1. The fraction of sp³-hybridized carbons (Fsp3) is 0.250. The van der Waals surface area contributed by atoms with Gasteiger partial charge in [0.25, 0.3) is 0 Å². The van der Waals surface area contributed by atoms with Crippen LogP contribution in [0.4, 0.5) is 0 Å². The molecule has 0 aliphatic heterocycles. The summed E-state index contributed by atoms with van der Waals surface area (Å²) in [6.45, 7) is 2.53. The second-order valence-electron chi connectivity index (χ2n) is 4.89. The third kappa shape index (κ3) is 3.38. The highest BCUT2D eigenvalue weighted by Crippen LogP contribution is 2.21. The molecule has 0 aliphatic rings. The highest BCUT2D eigenvalue weighted by molar-refractivity contribution is 5.84. The van der Waals surface area contributed by atoms with E-state index in [9.17, 15) is 0 Å². The van der Waals surface area contributed by atoms with E-state index in [2.05, 4.69) is 46.0 Å². The standard InChI is InChI=1S/C16H18N4O/c1-21-16-5-4-14-10-13(2-3-15(14)11-16)12-17-6-8-20-9-7-18-19-20/h2-5,7,9-11,17H,6,8,12H2,1H3. The maximum Gasteiger partial charge on any atom is 0.119 e. The Labute approximate surface area is 123 Å². The van der Waals surface area contributed by atoms with Crippen LogP contribution in [0.1, 0.15) is 5.56 Å². The zero-order chi connectivity index (χ0) is 14.5. The van der Waals surface area contributed by atoms with Crippen molar-refractivity contribution in [3.63, 3.8) is 0 Å². The molecule has 0 unspecified atom stereocenters. The Morgan fingerprint density at radius 2 is 2.00 bits per heavy atom. The molecule has 21 heavy (non-hydrogen) atoms. The van der Waals surface area contributed by atoms with Gasteiger partial charge in [0.1, 0.15) is 5.75 Å². The van der Waals surface area contributed by atoms with Gasteiger partial charge in [-0.3, -0.25) is 4.68 Å². The van der Waals surface area contributed by atoms with Gasteiger partial charge in [-0.25, -0.2) is 0 Å². The Hall–Kier alpha value is -2.40. The second-order valence-corrected chi connectivity index (χ2v) is 4.89. The van der Waals surface area contributed by atoms with E-state index in [1.807, 2.05) is 16.9 Å². The van der Waals surface area contributed by atoms with Crippen LogP contribution in [-0.4, -0.2) is 28.6 Å².